The monoisotopic (exact) mass is 254 g/mol. The van der Waals surface area contributed by atoms with Crippen LogP contribution < -0.4 is 5.32 Å². The van der Waals surface area contributed by atoms with Crippen molar-refractivity contribution in [1.82, 2.24) is 10.2 Å². The van der Waals surface area contributed by atoms with Gasteiger partial charge in [0, 0.05) is 6.04 Å². The normalized spacial score (nSPS) is 20.2. The fraction of sp³-hybridized carbons (Fsp3) is 1.00. The average Bonchev–Trinajstić information content (AvgIpc) is 2.39. The van der Waals surface area contributed by atoms with E-state index in [1.54, 1.807) is 0 Å². The van der Waals surface area contributed by atoms with Gasteiger partial charge in [-0.1, -0.05) is 39.5 Å². The molecule has 1 atom stereocenters. The molecular formula is C16H34N2. The second kappa shape index (κ2) is 9.80. The first-order valence-electron chi connectivity index (χ1n) is 8.23. The van der Waals surface area contributed by atoms with Crippen molar-refractivity contribution in [2.24, 2.45) is 5.92 Å². The van der Waals surface area contributed by atoms with Crippen molar-refractivity contribution in [3.05, 3.63) is 0 Å². The van der Waals surface area contributed by atoms with Crippen molar-refractivity contribution >= 4 is 0 Å². The summed E-state index contributed by atoms with van der Waals surface area (Å²) in [5.74, 6) is 0.904. The van der Waals surface area contributed by atoms with E-state index in [9.17, 15) is 0 Å². The first-order valence-corrected chi connectivity index (χ1v) is 8.23. The van der Waals surface area contributed by atoms with Crippen LogP contribution in [-0.2, 0) is 0 Å². The Bertz CT molecular complexity index is 186. The summed E-state index contributed by atoms with van der Waals surface area (Å²) < 4.78 is 0. The van der Waals surface area contributed by atoms with Gasteiger partial charge in [0.1, 0.15) is 0 Å². The summed E-state index contributed by atoms with van der Waals surface area (Å²) in [5.41, 5.74) is 0. The van der Waals surface area contributed by atoms with E-state index in [0.717, 1.165) is 12.5 Å². The van der Waals surface area contributed by atoms with Crippen LogP contribution in [0.5, 0.6) is 0 Å². The molecule has 1 fully saturated rings. The van der Waals surface area contributed by atoms with E-state index in [1.807, 2.05) is 0 Å². The third-order valence-corrected chi connectivity index (χ3v) is 4.44. The second-order valence-electron chi connectivity index (χ2n) is 5.94. The fourth-order valence-electron chi connectivity index (χ4n) is 3.10. The molecule has 0 aromatic rings. The molecule has 1 aliphatic rings. The van der Waals surface area contributed by atoms with Crippen molar-refractivity contribution in [1.29, 1.82) is 0 Å². The Morgan fingerprint density at radius 2 is 1.72 bits per heavy atom. The predicted molar refractivity (Wildman–Crippen MR) is 81.1 cm³/mol. The van der Waals surface area contributed by atoms with E-state index in [0.29, 0.717) is 6.04 Å². The number of likely N-dealkylation sites (tertiary alicyclic amines) is 1. The molecule has 2 heteroatoms. The Balaban J connectivity index is 2.04. The van der Waals surface area contributed by atoms with Crippen molar-refractivity contribution < 1.29 is 0 Å². The largest absolute Gasteiger partial charge is 0.314 e. The molecule has 1 heterocycles. The zero-order chi connectivity index (χ0) is 13.2. The lowest BCUT2D eigenvalue weighted by atomic mass is 9.90. The molecule has 0 aromatic carbocycles. The molecule has 0 radical (unpaired) electrons. The Kier molecular flexibility index (Phi) is 8.70. The Hall–Kier alpha value is -0.0800. The molecule has 1 rings (SSSR count). The van der Waals surface area contributed by atoms with Crippen molar-refractivity contribution in [3.63, 3.8) is 0 Å². The summed E-state index contributed by atoms with van der Waals surface area (Å²) >= 11 is 0. The fourth-order valence-corrected chi connectivity index (χ4v) is 3.10. The molecule has 1 saturated heterocycles. The number of unbranched alkanes of at least 4 members (excludes halogenated alkanes) is 4. The summed E-state index contributed by atoms with van der Waals surface area (Å²) in [7, 11) is 0. The van der Waals surface area contributed by atoms with E-state index in [2.05, 4.69) is 31.0 Å². The highest BCUT2D eigenvalue weighted by Gasteiger charge is 2.22. The molecule has 108 valence electrons. The highest BCUT2D eigenvalue weighted by Crippen LogP contribution is 2.21. The highest BCUT2D eigenvalue weighted by molar-refractivity contribution is 4.79. The average molecular weight is 254 g/mol. The van der Waals surface area contributed by atoms with Crippen molar-refractivity contribution in [3.8, 4) is 0 Å². The Morgan fingerprint density at radius 1 is 1.06 bits per heavy atom. The van der Waals surface area contributed by atoms with Crippen LogP contribution in [0, 0.1) is 5.92 Å². The maximum Gasteiger partial charge on any atom is 0.00678 e. The molecule has 2 nitrogen and oxygen atoms in total. The number of nitrogens with zero attached hydrogens (tertiary/aromatic N) is 1. The Labute approximate surface area is 115 Å². The van der Waals surface area contributed by atoms with Gasteiger partial charge in [-0.3, -0.25) is 0 Å². The van der Waals surface area contributed by atoms with Gasteiger partial charge in [0.2, 0.25) is 0 Å². The van der Waals surface area contributed by atoms with Gasteiger partial charge in [0.25, 0.3) is 0 Å². The standard InChI is InChI=1S/C16H34N2/c1-4-6-7-8-9-12-18-13-10-16(11-14-18)15(3)17-5-2/h15-17H,4-14H2,1-3H3. The van der Waals surface area contributed by atoms with E-state index >= 15 is 0 Å². The van der Waals surface area contributed by atoms with Gasteiger partial charge in [-0.15, -0.1) is 0 Å². The number of nitrogens with one attached hydrogen (secondary N) is 1. The minimum Gasteiger partial charge on any atom is -0.314 e. The smallest absolute Gasteiger partial charge is 0.00678 e. The number of hydrogen-bond acceptors (Lipinski definition) is 2. The third kappa shape index (κ3) is 6.19. The quantitative estimate of drug-likeness (QED) is 0.632. The van der Waals surface area contributed by atoms with Gasteiger partial charge >= 0.3 is 0 Å². The van der Waals surface area contributed by atoms with Crippen LogP contribution in [0.1, 0.15) is 65.7 Å². The van der Waals surface area contributed by atoms with Crippen LogP contribution in [0.15, 0.2) is 0 Å². The van der Waals surface area contributed by atoms with E-state index in [-0.39, 0.29) is 0 Å². The molecule has 0 aliphatic carbocycles. The van der Waals surface area contributed by atoms with Crippen LogP contribution in [0.25, 0.3) is 0 Å². The number of piperidine rings is 1. The lowest BCUT2D eigenvalue weighted by Gasteiger charge is -2.35. The lowest BCUT2D eigenvalue weighted by molar-refractivity contribution is 0.161. The maximum atomic E-state index is 3.58. The topological polar surface area (TPSA) is 15.3 Å². The molecule has 0 bridgehead atoms. The summed E-state index contributed by atoms with van der Waals surface area (Å²) in [5, 5.41) is 3.58. The lowest BCUT2D eigenvalue weighted by Crippen LogP contribution is -2.42. The van der Waals surface area contributed by atoms with Gasteiger partial charge in [0.05, 0.1) is 0 Å². The number of hydrogen-bond donors (Lipinski definition) is 1. The van der Waals surface area contributed by atoms with Crippen LogP contribution in [-0.4, -0.2) is 37.1 Å². The molecule has 0 aromatic heterocycles. The summed E-state index contributed by atoms with van der Waals surface area (Å²) in [6.45, 7) is 12.0. The Morgan fingerprint density at radius 3 is 2.33 bits per heavy atom. The van der Waals surface area contributed by atoms with Gasteiger partial charge in [-0.05, 0) is 58.3 Å². The summed E-state index contributed by atoms with van der Waals surface area (Å²) in [4.78, 5) is 2.68. The van der Waals surface area contributed by atoms with Crippen molar-refractivity contribution in [2.45, 2.75) is 71.8 Å². The molecule has 18 heavy (non-hydrogen) atoms. The third-order valence-electron chi connectivity index (χ3n) is 4.44. The van der Waals surface area contributed by atoms with Gasteiger partial charge < -0.3 is 10.2 Å². The predicted octanol–water partition coefficient (Wildman–Crippen LogP) is 3.67. The first-order chi connectivity index (χ1) is 8.77. The minimum absolute atomic E-state index is 0.710. The van der Waals surface area contributed by atoms with Crippen LogP contribution in [0.2, 0.25) is 0 Å². The molecule has 0 amide bonds. The molecule has 0 spiro atoms. The summed E-state index contributed by atoms with van der Waals surface area (Å²) in [6, 6.07) is 0.710. The van der Waals surface area contributed by atoms with Crippen LogP contribution >= 0.6 is 0 Å². The van der Waals surface area contributed by atoms with Gasteiger partial charge in [-0.25, -0.2) is 0 Å². The van der Waals surface area contributed by atoms with E-state index < -0.39 is 0 Å². The van der Waals surface area contributed by atoms with Crippen molar-refractivity contribution in [2.75, 3.05) is 26.2 Å². The number of rotatable bonds is 9. The van der Waals surface area contributed by atoms with E-state index in [4.69, 9.17) is 0 Å². The molecule has 1 N–H and O–H groups in total. The summed E-state index contributed by atoms with van der Waals surface area (Å²) in [6.07, 6.45) is 9.83. The first kappa shape index (κ1) is 16.0. The molecule has 1 unspecified atom stereocenters. The molecule has 0 saturated carbocycles. The molecule has 1 aliphatic heterocycles. The van der Waals surface area contributed by atoms with Gasteiger partial charge in [0.15, 0.2) is 0 Å². The SMILES string of the molecule is CCCCCCCN1CCC(C(C)NCC)CC1. The zero-order valence-electron chi connectivity index (χ0n) is 12.9. The maximum absolute atomic E-state index is 3.58. The van der Waals surface area contributed by atoms with Gasteiger partial charge in [-0.2, -0.15) is 0 Å². The zero-order valence-corrected chi connectivity index (χ0v) is 12.9. The van der Waals surface area contributed by atoms with Crippen LogP contribution in [0.4, 0.5) is 0 Å². The minimum atomic E-state index is 0.710. The van der Waals surface area contributed by atoms with Crippen LogP contribution in [0.3, 0.4) is 0 Å². The second-order valence-corrected chi connectivity index (χ2v) is 5.94. The highest BCUT2D eigenvalue weighted by atomic mass is 15.1. The van der Waals surface area contributed by atoms with E-state index in [1.165, 1.54) is 64.6 Å². The molecular weight excluding hydrogens is 220 g/mol.